The highest BCUT2D eigenvalue weighted by molar-refractivity contribution is 9.10. The molecule has 16 heavy (non-hydrogen) atoms. The van der Waals surface area contributed by atoms with E-state index in [4.69, 9.17) is 9.15 Å². The van der Waals surface area contributed by atoms with Gasteiger partial charge in [0.1, 0.15) is 5.76 Å². The van der Waals surface area contributed by atoms with Gasteiger partial charge in [-0.3, -0.25) is 0 Å². The van der Waals surface area contributed by atoms with E-state index in [1.807, 2.05) is 13.1 Å². The Kier molecular flexibility index (Phi) is 2.81. The molecule has 2 aliphatic rings. The van der Waals surface area contributed by atoms with Crippen LogP contribution < -0.4 is 5.32 Å². The molecule has 0 spiro atoms. The van der Waals surface area contributed by atoms with Crippen LogP contribution >= 0.6 is 15.9 Å². The third kappa shape index (κ3) is 1.63. The van der Waals surface area contributed by atoms with E-state index in [1.54, 1.807) is 6.26 Å². The van der Waals surface area contributed by atoms with E-state index in [0.717, 1.165) is 16.7 Å². The van der Waals surface area contributed by atoms with Crippen molar-refractivity contribution in [1.82, 2.24) is 5.32 Å². The first kappa shape index (κ1) is 10.8. The minimum absolute atomic E-state index is 0.264. The zero-order chi connectivity index (χ0) is 11.1. The molecule has 2 aliphatic heterocycles. The normalized spacial score (nSPS) is 34.5. The minimum Gasteiger partial charge on any atom is -0.466 e. The summed E-state index contributed by atoms with van der Waals surface area (Å²) >= 11 is 3.53. The molecule has 0 amide bonds. The highest BCUT2D eigenvalue weighted by Gasteiger charge is 2.45. The average molecular weight is 286 g/mol. The quantitative estimate of drug-likeness (QED) is 0.927. The Balaban J connectivity index is 1.84. The van der Waals surface area contributed by atoms with Crippen LogP contribution in [-0.2, 0) is 4.74 Å². The zero-order valence-electron chi connectivity index (χ0n) is 9.28. The Hall–Kier alpha value is -0.320. The second kappa shape index (κ2) is 4.17. The first-order valence-corrected chi connectivity index (χ1v) is 6.64. The van der Waals surface area contributed by atoms with E-state index in [2.05, 4.69) is 21.2 Å². The van der Waals surface area contributed by atoms with E-state index in [-0.39, 0.29) is 6.04 Å². The molecular formula is C12H16BrNO2. The summed E-state index contributed by atoms with van der Waals surface area (Å²) in [6.45, 7) is 0. The van der Waals surface area contributed by atoms with Gasteiger partial charge < -0.3 is 14.5 Å². The lowest BCUT2D eigenvalue weighted by atomic mass is 9.83. The van der Waals surface area contributed by atoms with Crippen molar-refractivity contribution in [3.63, 3.8) is 0 Å². The second-order valence-corrected chi connectivity index (χ2v) is 5.53. The van der Waals surface area contributed by atoms with E-state index < -0.39 is 0 Å². The van der Waals surface area contributed by atoms with Gasteiger partial charge >= 0.3 is 0 Å². The zero-order valence-corrected chi connectivity index (χ0v) is 10.9. The Bertz CT molecular complexity index is 379. The topological polar surface area (TPSA) is 34.4 Å². The molecule has 4 atom stereocenters. The van der Waals surface area contributed by atoms with Gasteiger partial charge in [-0.25, -0.2) is 0 Å². The fourth-order valence-electron chi connectivity index (χ4n) is 3.09. The molecule has 2 saturated heterocycles. The van der Waals surface area contributed by atoms with Gasteiger partial charge in [-0.2, -0.15) is 0 Å². The molecule has 2 fully saturated rings. The predicted molar refractivity (Wildman–Crippen MR) is 64.2 cm³/mol. The smallest absolute Gasteiger partial charge is 0.135 e. The summed E-state index contributed by atoms with van der Waals surface area (Å²) in [5, 5.41) is 3.37. The summed E-state index contributed by atoms with van der Waals surface area (Å²) in [6, 6.07) is 2.22. The lowest BCUT2D eigenvalue weighted by molar-refractivity contribution is 0.0843. The van der Waals surface area contributed by atoms with Gasteiger partial charge in [0.15, 0.2) is 0 Å². The van der Waals surface area contributed by atoms with Crippen molar-refractivity contribution in [1.29, 1.82) is 0 Å². The second-order valence-electron chi connectivity index (χ2n) is 4.67. The molecule has 2 bridgehead atoms. The van der Waals surface area contributed by atoms with E-state index in [9.17, 15) is 0 Å². The largest absolute Gasteiger partial charge is 0.466 e. The average Bonchev–Trinajstić information content (AvgIpc) is 2.97. The molecule has 4 unspecified atom stereocenters. The SMILES string of the molecule is CNC(c1occc1Br)C1CC2CCC1O2. The molecule has 0 aliphatic carbocycles. The van der Waals surface area contributed by atoms with Gasteiger partial charge in [0.25, 0.3) is 0 Å². The molecule has 1 aromatic heterocycles. The van der Waals surface area contributed by atoms with Crippen LogP contribution in [0.25, 0.3) is 0 Å². The Morgan fingerprint density at radius 3 is 2.88 bits per heavy atom. The molecule has 0 aromatic carbocycles. The highest BCUT2D eigenvalue weighted by Crippen LogP contribution is 2.45. The molecule has 3 nitrogen and oxygen atoms in total. The molecule has 88 valence electrons. The molecule has 0 saturated carbocycles. The lowest BCUT2D eigenvalue weighted by Gasteiger charge is -2.26. The number of ether oxygens (including phenoxy) is 1. The number of nitrogens with one attached hydrogen (secondary N) is 1. The van der Waals surface area contributed by atoms with Crippen LogP contribution in [0.2, 0.25) is 0 Å². The number of halogens is 1. The molecule has 4 heteroatoms. The third-order valence-corrected chi connectivity index (χ3v) is 4.47. The summed E-state index contributed by atoms with van der Waals surface area (Å²) in [5.74, 6) is 1.55. The fraction of sp³-hybridized carbons (Fsp3) is 0.667. The van der Waals surface area contributed by atoms with E-state index >= 15 is 0 Å². The molecule has 3 heterocycles. The number of hydrogen-bond donors (Lipinski definition) is 1. The third-order valence-electron chi connectivity index (χ3n) is 3.82. The van der Waals surface area contributed by atoms with Crippen molar-refractivity contribution in [2.45, 2.75) is 37.5 Å². The van der Waals surface area contributed by atoms with Crippen LogP contribution in [0.3, 0.4) is 0 Å². The molecule has 3 rings (SSSR count). The monoisotopic (exact) mass is 285 g/mol. The van der Waals surface area contributed by atoms with Crippen LogP contribution in [0.15, 0.2) is 21.2 Å². The predicted octanol–water partition coefficient (Wildman–Crippen LogP) is 2.87. The summed E-state index contributed by atoms with van der Waals surface area (Å²) in [7, 11) is 1.99. The number of rotatable bonds is 3. The van der Waals surface area contributed by atoms with Crippen molar-refractivity contribution < 1.29 is 9.15 Å². The maximum absolute atomic E-state index is 5.91. The van der Waals surface area contributed by atoms with Crippen LogP contribution in [-0.4, -0.2) is 19.3 Å². The van der Waals surface area contributed by atoms with Crippen molar-refractivity contribution in [2.75, 3.05) is 7.05 Å². The van der Waals surface area contributed by atoms with E-state index in [0.29, 0.717) is 18.1 Å². The molecular weight excluding hydrogens is 270 g/mol. The Labute approximate surface area is 104 Å². The summed E-state index contributed by atoms with van der Waals surface area (Å²) in [4.78, 5) is 0. The Morgan fingerprint density at radius 2 is 2.38 bits per heavy atom. The minimum atomic E-state index is 0.264. The van der Waals surface area contributed by atoms with Gasteiger partial charge in [-0.1, -0.05) is 0 Å². The maximum atomic E-state index is 5.91. The summed E-state index contributed by atoms with van der Waals surface area (Å²) in [6.07, 6.45) is 6.23. The van der Waals surface area contributed by atoms with Crippen molar-refractivity contribution >= 4 is 15.9 Å². The molecule has 1 N–H and O–H groups in total. The molecule has 1 aromatic rings. The van der Waals surface area contributed by atoms with Gasteiger partial charge in [-0.05, 0) is 48.3 Å². The fourth-order valence-corrected chi connectivity index (χ4v) is 3.54. The van der Waals surface area contributed by atoms with E-state index in [1.165, 1.54) is 12.8 Å². The van der Waals surface area contributed by atoms with Crippen LogP contribution in [0.1, 0.15) is 31.1 Å². The van der Waals surface area contributed by atoms with Crippen molar-refractivity contribution in [2.24, 2.45) is 5.92 Å². The van der Waals surface area contributed by atoms with Gasteiger partial charge in [0, 0.05) is 5.92 Å². The van der Waals surface area contributed by atoms with Crippen LogP contribution in [0.4, 0.5) is 0 Å². The van der Waals surface area contributed by atoms with Crippen LogP contribution in [0, 0.1) is 5.92 Å². The number of furan rings is 1. The van der Waals surface area contributed by atoms with Gasteiger partial charge in [-0.15, -0.1) is 0 Å². The first-order chi connectivity index (χ1) is 7.79. The van der Waals surface area contributed by atoms with Gasteiger partial charge in [0.05, 0.1) is 29.0 Å². The maximum Gasteiger partial charge on any atom is 0.135 e. The highest BCUT2D eigenvalue weighted by atomic mass is 79.9. The number of hydrogen-bond acceptors (Lipinski definition) is 3. The summed E-state index contributed by atoms with van der Waals surface area (Å²) in [5.41, 5.74) is 0. The summed E-state index contributed by atoms with van der Waals surface area (Å²) < 4.78 is 12.5. The first-order valence-electron chi connectivity index (χ1n) is 5.85. The van der Waals surface area contributed by atoms with Crippen molar-refractivity contribution in [3.05, 3.63) is 22.6 Å². The standard InChI is InChI=1S/C12H16BrNO2/c1-14-11(12-9(13)4-5-15-12)8-6-7-2-3-10(8)16-7/h4-5,7-8,10-11,14H,2-3,6H2,1H3. The lowest BCUT2D eigenvalue weighted by Crippen LogP contribution is -2.31. The van der Waals surface area contributed by atoms with Crippen molar-refractivity contribution in [3.8, 4) is 0 Å². The van der Waals surface area contributed by atoms with Crippen LogP contribution in [0.5, 0.6) is 0 Å². The number of fused-ring (bicyclic) bond motifs is 2. The Morgan fingerprint density at radius 1 is 1.50 bits per heavy atom. The molecule has 0 radical (unpaired) electrons. The van der Waals surface area contributed by atoms with Gasteiger partial charge in [0.2, 0.25) is 0 Å².